The van der Waals surface area contributed by atoms with Gasteiger partial charge in [-0.1, -0.05) is 30.3 Å². The first-order valence-corrected chi connectivity index (χ1v) is 6.31. The molecule has 0 aromatic heterocycles. The summed E-state index contributed by atoms with van der Waals surface area (Å²) in [5, 5.41) is 8.70. The first kappa shape index (κ1) is 14.2. The predicted octanol–water partition coefficient (Wildman–Crippen LogP) is 2.63. The average Bonchev–Trinajstić information content (AvgIpc) is 2.39. The molecule has 3 heteroatoms. The lowest BCUT2D eigenvalue weighted by atomic mass is 10.1. The topological polar surface area (TPSA) is 44.1 Å². The lowest BCUT2D eigenvalue weighted by Gasteiger charge is -2.18. The molecule has 96 valence electrons. The van der Waals surface area contributed by atoms with Gasteiger partial charge in [0.05, 0.1) is 12.0 Å². The monoisotopic (exact) mass is 244 g/mol. The molecule has 1 unspecified atom stereocenters. The summed E-state index contributed by atoms with van der Waals surface area (Å²) >= 11 is 0. The number of carbonyl (C=O) groups is 1. The van der Waals surface area contributed by atoms with Crippen molar-refractivity contribution >= 4 is 5.91 Å². The fourth-order valence-electron chi connectivity index (χ4n) is 1.83. The summed E-state index contributed by atoms with van der Waals surface area (Å²) in [7, 11) is 1.76. The predicted molar refractivity (Wildman–Crippen MR) is 71.8 cm³/mol. The molecule has 0 aliphatic carbocycles. The average molecular weight is 244 g/mol. The largest absolute Gasteiger partial charge is 0.344 e. The number of amides is 1. The number of carbonyl (C=O) groups excluding carboxylic acids is 1. The van der Waals surface area contributed by atoms with Gasteiger partial charge in [-0.15, -0.1) is 0 Å². The normalized spacial score (nSPS) is 11.6. The Hall–Kier alpha value is -1.82. The van der Waals surface area contributed by atoms with Crippen LogP contribution in [0.1, 0.15) is 25.3 Å². The Morgan fingerprint density at radius 1 is 1.39 bits per heavy atom. The zero-order chi connectivity index (χ0) is 13.4. The SMILES string of the molecule is CC(C#N)CN(C)C(=O)CCCc1ccccc1. The van der Waals surface area contributed by atoms with Gasteiger partial charge in [-0.25, -0.2) is 0 Å². The van der Waals surface area contributed by atoms with Crippen LogP contribution in [0, 0.1) is 17.2 Å². The van der Waals surface area contributed by atoms with Gasteiger partial charge in [-0.2, -0.15) is 5.26 Å². The molecular weight excluding hydrogens is 224 g/mol. The maximum absolute atomic E-state index is 11.8. The van der Waals surface area contributed by atoms with Crippen LogP contribution in [-0.4, -0.2) is 24.4 Å². The van der Waals surface area contributed by atoms with Crippen molar-refractivity contribution in [1.82, 2.24) is 4.90 Å². The minimum atomic E-state index is -0.104. The summed E-state index contributed by atoms with van der Waals surface area (Å²) in [4.78, 5) is 13.5. The molecule has 1 atom stereocenters. The third-order valence-corrected chi connectivity index (χ3v) is 2.89. The smallest absolute Gasteiger partial charge is 0.222 e. The van der Waals surface area contributed by atoms with Gasteiger partial charge in [0.2, 0.25) is 5.91 Å². The Bertz CT molecular complexity index is 408. The van der Waals surface area contributed by atoms with E-state index in [1.807, 2.05) is 25.1 Å². The Labute approximate surface area is 109 Å². The van der Waals surface area contributed by atoms with E-state index < -0.39 is 0 Å². The van der Waals surface area contributed by atoms with E-state index in [0.29, 0.717) is 13.0 Å². The molecule has 1 rings (SSSR count). The highest BCUT2D eigenvalue weighted by atomic mass is 16.2. The summed E-state index contributed by atoms with van der Waals surface area (Å²) < 4.78 is 0. The zero-order valence-electron chi connectivity index (χ0n) is 11.1. The second-order valence-corrected chi connectivity index (χ2v) is 4.64. The summed E-state index contributed by atoms with van der Waals surface area (Å²) in [5.74, 6) is 0.0149. The van der Waals surface area contributed by atoms with E-state index in [4.69, 9.17) is 5.26 Å². The minimum absolute atomic E-state index is 0.104. The van der Waals surface area contributed by atoms with Crippen molar-refractivity contribution in [2.24, 2.45) is 5.92 Å². The first-order chi connectivity index (χ1) is 8.63. The summed E-state index contributed by atoms with van der Waals surface area (Å²) in [5.41, 5.74) is 1.26. The van der Waals surface area contributed by atoms with Gasteiger partial charge in [-0.05, 0) is 25.3 Å². The Morgan fingerprint density at radius 2 is 2.06 bits per heavy atom. The summed E-state index contributed by atoms with van der Waals surface area (Å²) in [6.45, 7) is 2.34. The molecule has 0 radical (unpaired) electrons. The van der Waals surface area contributed by atoms with Gasteiger partial charge in [0.1, 0.15) is 0 Å². The van der Waals surface area contributed by atoms with Crippen molar-refractivity contribution in [3.63, 3.8) is 0 Å². The third-order valence-electron chi connectivity index (χ3n) is 2.89. The van der Waals surface area contributed by atoms with Crippen LogP contribution in [0.4, 0.5) is 0 Å². The van der Waals surface area contributed by atoms with Crippen molar-refractivity contribution in [2.75, 3.05) is 13.6 Å². The fraction of sp³-hybridized carbons (Fsp3) is 0.467. The highest BCUT2D eigenvalue weighted by molar-refractivity contribution is 5.75. The number of rotatable bonds is 6. The van der Waals surface area contributed by atoms with Gasteiger partial charge < -0.3 is 4.90 Å². The van der Waals surface area contributed by atoms with Crippen molar-refractivity contribution in [2.45, 2.75) is 26.2 Å². The summed E-state index contributed by atoms with van der Waals surface area (Å²) in [6.07, 6.45) is 2.33. The van der Waals surface area contributed by atoms with Crippen molar-refractivity contribution in [3.8, 4) is 6.07 Å². The van der Waals surface area contributed by atoms with Crippen LogP contribution in [-0.2, 0) is 11.2 Å². The van der Waals surface area contributed by atoms with Crippen molar-refractivity contribution in [1.29, 1.82) is 5.26 Å². The highest BCUT2D eigenvalue weighted by Gasteiger charge is 2.11. The molecule has 0 saturated heterocycles. The van der Waals surface area contributed by atoms with Crippen LogP contribution in [0.15, 0.2) is 30.3 Å². The first-order valence-electron chi connectivity index (χ1n) is 6.31. The molecule has 0 aliphatic rings. The lowest BCUT2D eigenvalue weighted by Crippen LogP contribution is -2.30. The van der Waals surface area contributed by atoms with E-state index in [2.05, 4.69) is 18.2 Å². The van der Waals surface area contributed by atoms with Crippen molar-refractivity contribution in [3.05, 3.63) is 35.9 Å². The van der Waals surface area contributed by atoms with E-state index in [1.165, 1.54) is 5.56 Å². The maximum atomic E-state index is 11.8. The molecule has 1 aromatic carbocycles. The molecule has 0 spiro atoms. The molecule has 1 amide bonds. The molecule has 0 bridgehead atoms. The van der Waals surface area contributed by atoms with Crippen LogP contribution in [0.3, 0.4) is 0 Å². The second kappa shape index (κ2) is 7.50. The second-order valence-electron chi connectivity index (χ2n) is 4.64. The Balaban J connectivity index is 2.27. The maximum Gasteiger partial charge on any atom is 0.222 e. The van der Waals surface area contributed by atoms with Gasteiger partial charge in [0, 0.05) is 20.0 Å². The quantitative estimate of drug-likeness (QED) is 0.772. The van der Waals surface area contributed by atoms with E-state index in [0.717, 1.165) is 12.8 Å². The zero-order valence-corrected chi connectivity index (χ0v) is 11.1. The molecule has 18 heavy (non-hydrogen) atoms. The van der Waals surface area contributed by atoms with E-state index in [9.17, 15) is 4.79 Å². The van der Waals surface area contributed by atoms with Gasteiger partial charge in [0.25, 0.3) is 0 Å². The van der Waals surface area contributed by atoms with Crippen LogP contribution in [0.5, 0.6) is 0 Å². The number of aryl methyl sites for hydroxylation is 1. The van der Waals surface area contributed by atoms with Gasteiger partial charge >= 0.3 is 0 Å². The van der Waals surface area contributed by atoms with Crippen LogP contribution >= 0.6 is 0 Å². The standard InChI is InChI=1S/C15H20N2O/c1-13(11-16)12-17(2)15(18)10-6-9-14-7-4-3-5-8-14/h3-5,7-8,13H,6,9-10,12H2,1-2H3. The van der Waals surface area contributed by atoms with Crippen molar-refractivity contribution < 1.29 is 4.79 Å². The lowest BCUT2D eigenvalue weighted by molar-refractivity contribution is -0.130. The number of nitrogens with zero attached hydrogens (tertiary/aromatic N) is 2. The number of benzene rings is 1. The van der Waals surface area contributed by atoms with E-state index >= 15 is 0 Å². The van der Waals surface area contributed by atoms with Gasteiger partial charge in [0.15, 0.2) is 0 Å². The van der Waals surface area contributed by atoms with E-state index in [-0.39, 0.29) is 11.8 Å². The highest BCUT2D eigenvalue weighted by Crippen LogP contribution is 2.06. The van der Waals surface area contributed by atoms with Crippen LogP contribution in [0.25, 0.3) is 0 Å². The fourth-order valence-corrected chi connectivity index (χ4v) is 1.83. The molecule has 0 fully saturated rings. The number of hydrogen-bond acceptors (Lipinski definition) is 2. The minimum Gasteiger partial charge on any atom is -0.344 e. The molecular formula is C15H20N2O. The number of nitriles is 1. The molecule has 0 N–H and O–H groups in total. The third kappa shape index (κ3) is 5.01. The number of hydrogen-bond donors (Lipinski definition) is 0. The van der Waals surface area contributed by atoms with Crippen LogP contribution in [0.2, 0.25) is 0 Å². The van der Waals surface area contributed by atoms with Gasteiger partial charge in [-0.3, -0.25) is 4.79 Å². The Kier molecular flexibility index (Phi) is 5.93. The molecule has 3 nitrogen and oxygen atoms in total. The molecule has 0 saturated carbocycles. The Morgan fingerprint density at radius 3 is 2.67 bits per heavy atom. The molecule has 1 aromatic rings. The van der Waals surface area contributed by atoms with Crippen LogP contribution < -0.4 is 0 Å². The molecule has 0 heterocycles. The van der Waals surface area contributed by atoms with E-state index in [1.54, 1.807) is 11.9 Å². The summed E-state index contributed by atoms with van der Waals surface area (Å²) in [6, 6.07) is 12.3. The molecule has 0 aliphatic heterocycles.